The van der Waals surface area contributed by atoms with Crippen molar-refractivity contribution in [1.29, 1.82) is 0 Å². The number of halogens is 2. The summed E-state index contributed by atoms with van der Waals surface area (Å²) in [6.45, 7) is 5.10. The number of hydrogen-bond donors (Lipinski definition) is 1. The Bertz CT molecular complexity index is 784. The molecular weight excluding hydrogens is 352 g/mol. The van der Waals surface area contributed by atoms with Crippen LogP contribution in [0.5, 0.6) is 0 Å². The van der Waals surface area contributed by atoms with Crippen LogP contribution in [0.4, 0.5) is 20.5 Å². The van der Waals surface area contributed by atoms with Crippen LogP contribution in [0.3, 0.4) is 0 Å². The zero-order valence-electron chi connectivity index (χ0n) is 15.1. The molecule has 2 fully saturated rings. The molecule has 6 nitrogen and oxygen atoms in total. The summed E-state index contributed by atoms with van der Waals surface area (Å²) in [7, 11) is 0. The smallest absolute Gasteiger partial charge is 0.227 e. The van der Waals surface area contributed by atoms with E-state index in [-0.39, 0.29) is 6.04 Å². The topological polar surface area (TPSA) is 53.5 Å². The molecule has 0 aliphatic carbocycles. The molecule has 1 unspecified atom stereocenters. The van der Waals surface area contributed by atoms with E-state index in [1.807, 2.05) is 6.07 Å². The van der Waals surface area contributed by atoms with Crippen molar-refractivity contribution in [3.8, 4) is 0 Å². The number of likely N-dealkylation sites (tertiary alicyclic amines) is 1. The van der Waals surface area contributed by atoms with Gasteiger partial charge in [-0.05, 0) is 18.6 Å². The molecule has 2 saturated heterocycles. The monoisotopic (exact) mass is 375 g/mol. The summed E-state index contributed by atoms with van der Waals surface area (Å²) in [6.07, 6.45) is 2.71. The molecule has 1 aromatic carbocycles. The fourth-order valence-corrected chi connectivity index (χ4v) is 3.54. The number of benzene rings is 1. The van der Waals surface area contributed by atoms with Crippen molar-refractivity contribution in [2.75, 3.05) is 49.6 Å². The summed E-state index contributed by atoms with van der Waals surface area (Å²) in [5, 5.41) is 3.46. The van der Waals surface area contributed by atoms with Gasteiger partial charge in [0, 0.05) is 56.6 Å². The molecule has 8 heteroatoms. The van der Waals surface area contributed by atoms with Gasteiger partial charge in [0.2, 0.25) is 5.95 Å². The number of aromatic nitrogens is 2. The van der Waals surface area contributed by atoms with Crippen LogP contribution in [0, 0.1) is 11.6 Å². The fourth-order valence-electron chi connectivity index (χ4n) is 3.54. The van der Waals surface area contributed by atoms with Crippen molar-refractivity contribution in [2.45, 2.75) is 19.0 Å². The molecule has 4 rings (SSSR count). The molecule has 0 radical (unpaired) electrons. The van der Waals surface area contributed by atoms with Gasteiger partial charge >= 0.3 is 0 Å². The van der Waals surface area contributed by atoms with Gasteiger partial charge in [0.15, 0.2) is 0 Å². The minimum Gasteiger partial charge on any atom is -0.378 e. The average molecular weight is 375 g/mol. The molecule has 0 amide bonds. The maximum absolute atomic E-state index is 13.9. The van der Waals surface area contributed by atoms with Crippen molar-refractivity contribution in [3.05, 3.63) is 47.7 Å². The lowest BCUT2D eigenvalue weighted by atomic mass is 10.2. The predicted molar refractivity (Wildman–Crippen MR) is 98.7 cm³/mol. The second-order valence-electron chi connectivity index (χ2n) is 6.94. The van der Waals surface area contributed by atoms with Gasteiger partial charge in [-0.1, -0.05) is 6.07 Å². The summed E-state index contributed by atoms with van der Waals surface area (Å²) in [6, 6.07) is 5.87. The third-order valence-corrected chi connectivity index (χ3v) is 4.97. The Kier molecular flexibility index (Phi) is 5.45. The molecule has 2 aliphatic heterocycles. The zero-order chi connectivity index (χ0) is 18.6. The number of rotatable bonds is 5. The lowest BCUT2D eigenvalue weighted by molar-refractivity contribution is 0.122. The van der Waals surface area contributed by atoms with Crippen LogP contribution in [0.25, 0.3) is 0 Å². The summed E-state index contributed by atoms with van der Waals surface area (Å²) >= 11 is 0. The van der Waals surface area contributed by atoms with Gasteiger partial charge in [-0.3, -0.25) is 4.90 Å². The van der Waals surface area contributed by atoms with E-state index in [4.69, 9.17) is 4.74 Å². The molecule has 1 N–H and O–H groups in total. The van der Waals surface area contributed by atoms with Crippen molar-refractivity contribution in [1.82, 2.24) is 14.9 Å². The van der Waals surface area contributed by atoms with E-state index in [1.165, 1.54) is 12.1 Å². The Morgan fingerprint density at radius 2 is 2.00 bits per heavy atom. The minimum absolute atomic E-state index is 0.237. The first kappa shape index (κ1) is 18.1. The Balaban J connectivity index is 1.34. The average Bonchev–Trinajstić information content (AvgIpc) is 3.12. The Labute approximate surface area is 157 Å². The van der Waals surface area contributed by atoms with Crippen LogP contribution in [-0.4, -0.2) is 60.3 Å². The lowest BCUT2D eigenvalue weighted by Gasteiger charge is -2.27. The minimum atomic E-state index is -0.544. The number of ether oxygens (including phenoxy) is 1. The Hall–Kier alpha value is -2.32. The van der Waals surface area contributed by atoms with E-state index < -0.39 is 11.6 Å². The van der Waals surface area contributed by atoms with Crippen LogP contribution in [-0.2, 0) is 11.3 Å². The predicted octanol–water partition coefficient (Wildman–Crippen LogP) is 2.28. The molecule has 2 aromatic rings. The summed E-state index contributed by atoms with van der Waals surface area (Å²) in [4.78, 5) is 13.3. The van der Waals surface area contributed by atoms with Gasteiger partial charge in [0.1, 0.15) is 17.5 Å². The van der Waals surface area contributed by atoms with E-state index in [0.29, 0.717) is 31.3 Å². The molecule has 144 valence electrons. The summed E-state index contributed by atoms with van der Waals surface area (Å²) in [5.41, 5.74) is 0.522. The molecular formula is C19H23F2N5O. The second kappa shape index (κ2) is 8.14. The molecule has 27 heavy (non-hydrogen) atoms. The van der Waals surface area contributed by atoms with E-state index in [0.717, 1.165) is 44.5 Å². The fraction of sp³-hybridized carbons (Fsp3) is 0.474. The van der Waals surface area contributed by atoms with E-state index in [9.17, 15) is 8.78 Å². The van der Waals surface area contributed by atoms with Crippen molar-refractivity contribution in [3.63, 3.8) is 0 Å². The van der Waals surface area contributed by atoms with Crippen molar-refractivity contribution in [2.24, 2.45) is 0 Å². The Morgan fingerprint density at radius 3 is 2.81 bits per heavy atom. The maximum atomic E-state index is 13.9. The number of nitrogens with zero attached hydrogens (tertiary/aromatic N) is 4. The van der Waals surface area contributed by atoms with Crippen LogP contribution >= 0.6 is 0 Å². The Morgan fingerprint density at radius 1 is 1.15 bits per heavy atom. The highest BCUT2D eigenvalue weighted by Crippen LogP contribution is 2.20. The van der Waals surface area contributed by atoms with Crippen LogP contribution in [0.1, 0.15) is 12.0 Å². The van der Waals surface area contributed by atoms with Gasteiger partial charge in [-0.15, -0.1) is 0 Å². The van der Waals surface area contributed by atoms with E-state index >= 15 is 0 Å². The maximum Gasteiger partial charge on any atom is 0.227 e. The summed E-state index contributed by atoms with van der Waals surface area (Å²) < 4.78 is 32.3. The third-order valence-electron chi connectivity index (χ3n) is 4.97. The van der Waals surface area contributed by atoms with Crippen molar-refractivity contribution >= 4 is 11.8 Å². The quantitative estimate of drug-likeness (QED) is 0.865. The van der Waals surface area contributed by atoms with E-state index in [1.54, 1.807) is 6.20 Å². The van der Waals surface area contributed by atoms with Gasteiger partial charge in [0.25, 0.3) is 0 Å². The highest BCUT2D eigenvalue weighted by molar-refractivity contribution is 5.42. The molecule has 3 heterocycles. The van der Waals surface area contributed by atoms with Gasteiger partial charge < -0.3 is 15.0 Å². The van der Waals surface area contributed by atoms with Gasteiger partial charge in [-0.25, -0.2) is 13.8 Å². The SMILES string of the molecule is Fc1ccc(CN2CCC(Nc3ccnc(N4CCOCC4)n3)C2)c(F)c1. The van der Waals surface area contributed by atoms with E-state index in [2.05, 4.69) is 25.1 Å². The molecule has 0 saturated carbocycles. The van der Waals surface area contributed by atoms with Gasteiger partial charge in [-0.2, -0.15) is 4.98 Å². The summed E-state index contributed by atoms with van der Waals surface area (Å²) in [5.74, 6) is 0.479. The molecule has 2 aliphatic rings. The number of morpholine rings is 1. The molecule has 0 bridgehead atoms. The normalized spacial score (nSPS) is 20.8. The molecule has 1 atom stereocenters. The highest BCUT2D eigenvalue weighted by atomic mass is 19.1. The van der Waals surface area contributed by atoms with Crippen molar-refractivity contribution < 1.29 is 13.5 Å². The lowest BCUT2D eigenvalue weighted by Crippen LogP contribution is -2.37. The largest absolute Gasteiger partial charge is 0.378 e. The highest BCUT2D eigenvalue weighted by Gasteiger charge is 2.24. The van der Waals surface area contributed by atoms with Crippen LogP contribution in [0.2, 0.25) is 0 Å². The molecule has 0 spiro atoms. The molecule has 1 aromatic heterocycles. The number of nitrogens with one attached hydrogen (secondary N) is 1. The first-order valence-electron chi connectivity index (χ1n) is 9.26. The second-order valence-corrected chi connectivity index (χ2v) is 6.94. The van der Waals surface area contributed by atoms with Gasteiger partial charge in [0.05, 0.1) is 13.2 Å². The first-order valence-corrected chi connectivity index (χ1v) is 9.26. The zero-order valence-corrected chi connectivity index (χ0v) is 15.1. The van der Waals surface area contributed by atoms with Crippen LogP contribution < -0.4 is 10.2 Å². The third kappa shape index (κ3) is 4.51. The standard InChI is InChI=1S/C19H23F2N5O/c20-15-2-1-14(17(21)11-15)12-25-6-4-16(13-25)23-18-3-5-22-19(24-18)26-7-9-27-10-8-26/h1-3,5,11,16H,4,6-10,12-13H2,(H,22,23,24). The first-order chi connectivity index (χ1) is 13.2. The number of anilines is 2. The van der Waals surface area contributed by atoms with Crippen LogP contribution in [0.15, 0.2) is 30.5 Å². The number of hydrogen-bond acceptors (Lipinski definition) is 6.